The first-order chi connectivity index (χ1) is 10.3. The van der Waals surface area contributed by atoms with Crippen LogP contribution in [0.4, 0.5) is 5.82 Å². The molecule has 0 atom stereocenters. The topological polar surface area (TPSA) is 50.7 Å². The van der Waals surface area contributed by atoms with Crippen molar-refractivity contribution in [2.45, 2.75) is 26.7 Å². The first-order valence-electron chi connectivity index (χ1n) is 7.23. The SMILES string of the molecule is CCNc1nc(Cc2ccccn2)nc2sc(CC)cc12. The summed E-state index contributed by atoms with van der Waals surface area (Å²) in [6.07, 6.45) is 3.50. The van der Waals surface area contributed by atoms with Gasteiger partial charge < -0.3 is 5.32 Å². The smallest absolute Gasteiger partial charge is 0.138 e. The average molecular weight is 298 g/mol. The molecule has 0 aromatic carbocycles. The molecule has 0 bridgehead atoms. The van der Waals surface area contributed by atoms with Crippen LogP contribution in [0, 0.1) is 0 Å². The molecular weight excluding hydrogens is 280 g/mol. The minimum atomic E-state index is 0.661. The van der Waals surface area contributed by atoms with E-state index in [1.54, 1.807) is 17.5 Å². The fourth-order valence-electron chi connectivity index (χ4n) is 2.24. The maximum Gasteiger partial charge on any atom is 0.138 e. The molecule has 3 aromatic heterocycles. The van der Waals surface area contributed by atoms with Crippen molar-refractivity contribution in [3.8, 4) is 0 Å². The van der Waals surface area contributed by atoms with Crippen LogP contribution in [0.2, 0.25) is 0 Å². The fraction of sp³-hybridized carbons (Fsp3) is 0.312. The molecule has 0 saturated heterocycles. The summed E-state index contributed by atoms with van der Waals surface area (Å²) in [5.41, 5.74) is 0.992. The van der Waals surface area contributed by atoms with Gasteiger partial charge >= 0.3 is 0 Å². The van der Waals surface area contributed by atoms with E-state index in [4.69, 9.17) is 4.98 Å². The van der Waals surface area contributed by atoms with Crippen LogP contribution >= 0.6 is 11.3 Å². The van der Waals surface area contributed by atoms with Gasteiger partial charge in [-0.25, -0.2) is 9.97 Å². The number of hydrogen-bond donors (Lipinski definition) is 1. The summed E-state index contributed by atoms with van der Waals surface area (Å²) in [5, 5.41) is 4.48. The number of anilines is 1. The molecule has 3 heterocycles. The van der Waals surface area contributed by atoms with Crippen molar-refractivity contribution in [2.24, 2.45) is 0 Å². The van der Waals surface area contributed by atoms with E-state index in [0.29, 0.717) is 6.42 Å². The molecule has 5 heteroatoms. The Hall–Kier alpha value is -2.01. The number of fused-ring (bicyclic) bond motifs is 1. The summed E-state index contributed by atoms with van der Waals surface area (Å²) in [7, 11) is 0. The second-order valence-corrected chi connectivity index (χ2v) is 5.92. The number of pyridine rings is 1. The lowest BCUT2D eigenvalue weighted by molar-refractivity contribution is 0.953. The Balaban J connectivity index is 2.02. The van der Waals surface area contributed by atoms with Crippen LogP contribution in [0.15, 0.2) is 30.5 Å². The monoisotopic (exact) mass is 298 g/mol. The van der Waals surface area contributed by atoms with Crippen molar-refractivity contribution >= 4 is 27.4 Å². The Bertz CT molecular complexity index is 737. The minimum absolute atomic E-state index is 0.661. The van der Waals surface area contributed by atoms with Crippen LogP contribution in [0.5, 0.6) is 0 Å². The Morgan fingerprint density at radius 1 is 1.19 bits per heavy atom. The van der Waals surface area contributed by atoms with Gasteiger partial charge in [-0.3, -0.25) is 4.98 Å². The van der Waals surface area contributed by atoms with Crippen LogP contribution in [0.25, 0.3) is 10.2 Å². The molecule has 3 aromatic rings. The molecule has 0 amide bonds. The van der Waals surface area contributed by atoms with Crippen molar-refractivity contribution in [1.82, 2.24) is 15.0 Å². The van der Waals surface area contributed by atoms with Gasteiger partial charge in [-0.2, -0.15) is 0 Å². The van der Waals surface area contributed by atoms with E-state index in [1.807, 2.05) is 18.2 Å². The Labute approximate surface area is 128 Å². The quantitative estimate of drug-likeness (QED) is 0.781. The normalized spacial score (nSPS) is 11.0. The van der Waals surface area contributed by atoms with E-state index in [1.165, 1.54) is 4.88 Å². The Morgan fingerprint density at radius 3 is 2.81 bits per heavy atom. The zero-order valence-electron chi connectivity index (χ0n) is 12.3. The summed E-state index contributed by atoms with van der Waals surface area (Å²) in [4.78, 5) is 16.1. The van der Waals surface area contributed by atoms with E-state index in [9.17, 15) is 0 Å². The third-order valence-electron chi connectivity index (χ3n) is 3.25. The van der Waals surface area contributed by atoms with Crippen molar-refractivity contribution in [3.05, 3.63) is 46.9 Å². The molecule has 0 aliphatic rings. The van der Waals surface area contributed by atoms with Gasteiger partial charge in [0.25, 0.3) is 0 Å². The summed E-state index contributed by atoms with van der Waals surface area (Å²) in [6.45, 7) is 5.10. The molecule has 0 aliphatic carbocycles. The van der Waals surface area contributed by atoms with Gasteiger partial charge in [-0.05, 0) is 31.5 Å². The largest absolute Gasteiger partial charge is 0.370 e. The molecule has 4 nitrogen and oxygen atoms in total. The zero-order chi connectivity index (χ0) is 14.7. The number of rotatable bonds is 5. The molecule has 108 valence electrons. The molecule has 0 saturated carbocycles. The summed E-state index contributed by atoms with van der Waals surface area (Å²) in [5.74, 6) is 1.76. The second kappa shape index (κ2) is 6.18. The molecule has 21 heavy (non-hydrogen) atoms. The van der Waals surface area contributed by atoms with Crippen molar-refractivity contribution in [2.75, 3.05) is 11.9 Å². The van der Waals surface area contributed by atoms with E-state index >= 15 is 0 Å². The number of nitrogens with one attached hydrogen (secondary N) is 1. The Kier molecular flexibility index (Phi) is 4.10. The van der Waals surface area contributed by atoms with E-state index in [2.05, 4.69) is 35.2 Å². The minimum Gasteiger partial charge on any atom is -0.370 e. The predicted molar refractivity (Wildman–Crippen MR) is 88.0 cm³/mol. The number of nitrogens with zero attached hydrogens (tertiary/aromatic N) is 3. The number of thiophene rings is 1. The van der Waals surface area contributed by atoms with Crippen LogP contribution in [-0.2, 0) is 12.8 Å². The van der Waals surface area contributed by atoms with Gasteiger partial charge in [0.05, 0.1) is 11.8 Å². The van der Waals surface area contributed by atoms with Crippen LogP contribution in [0.3, 0.4) is 0 Å². The van der Waals surface area contributed by atoms with Gasteiger partial charge in [0.1, 0.15) is 16.5 Å². The highest BCUT2D eigenvalue weighted by Gasteiger charge is 2.11. The molecule has 0 radical (unpaired) electrons. The molecule has 0 spiro atoms. The van der Waals surface area contributed by atoms with Crippen LogP contribution < -0.4 is 5.32 Å². The third kappa shape index (κ3) is 3.03. The lowest BCUT2D eigenvalue weighted by Crippen LogP contribution is -2.05. The van der Waals surface area contributed by atoms with Gasteiger partial charge in [0.15, 0.2) is 0 Å². The van der Waals surface area contributed by atoms with E-state index in [-0.39, 0.29) is 0 Å². The highest BCUT2D eigenvalue weighted by Crippen LogP contribution is 2.29. The summed E-state index contributed by atoms with van der Waals surface area (Å²) in [6, 6.07) is 8.12. The predicted octanol–water partition coefficient (Wildman–Crippen LogP) is 3.67. The molecule has 0 aliphatic heterocycles. The Morgan fingerprint density at radius 2 is 2.10 bits per heavy atom. The number of aryl methyl sites for hydroxylation is 1. The van der Waals surface area contributed by atoms with Gasteiger partial charge in [-0.1, -0.05) is 13.0 Å². The fourth-order valence-corrected chi connectivity index (χ4v) is 3.22. The standard InChI is InChI=1S/C16H18N4S/c1-3-12-10-13-15(17-4-2)19-14(20-16(13)21-12)9-11-7-5-6-8-18-11/h5-8,10H,3-4,9H2,1-2H3,(H,17,19,20). The number of aromatic nitrogens is 3. The first kappa shape index (κ1) is 13.9. The maximum absolute atomic E-state index is 4.71. The summed E-state index contributed by atoms with van der Waals surface area (Å²) >= 11 is 1.75. The van der Waals surface area contributed by atoms with E-state index < -0.39 is 0 Å². The lowest BCUT2D eigenvalue weighted by atomic mass is 10.2. The lowest BCUT2D eigenvalue weighted by Gasteiger charge is -2.06. The number of hydrogen-bond acceptors (Lipinski definition) is 5. The van der Waals surface area contributed by atoms with Gasteiger partial charge in [0, 0.05) is 23.3 Å². The van der Waals surface area contributed by atoms with Crippen molar-refractivity contribution in [3.63, 3.8) is 0 Å². The average Bonchev–Trinajstić information content (AvgIpc) is 2.92. The van der Waals surface area contributed by atoms with Crippen molar-refractivity contribution in [1.29, 1.82) is 0 Å². The molecule has 0 fully saturated rings. The molecule has 0 unspecified atom stereocenters. The molecular formula is C16H18N4S. The highest BCUT2D eigenvalue weighted by molar-refractivity contribution is 7.18. The summed E-state index contributed by atoms with van der Waals surface area (Å²) < 4.78 is 0. The van der Waals surface area contributed by atoms with Crippen LogP contribution in [0.1, 0.15) is 30.2 Å². The van der Waals surface area contributed by atoms with E-state index in [0.717, 1.165) is 40.5 Å². The van der Waals surface area contributed by atoms with Gasteiger partial charge in [-0.15, -0.1) is 11.3 Å². The van der Waals surface area contributed by atoms with Gasteiger partial charge in [0.2, 0.25) is 0 Å². The maximum atomic E-state index is 4.71. The zero-order valence-corrected chi connectivity index (χ0v) is 13.1. The first-order valence-corrected chi connectivity index (χ1v) is 8.05. The second-order valence-electron chi connectivity index (χ2n) is 4.80. The molecule has 1 N–H and O–H groups in total. The third-order valence-corrected chi connectivity index (χ3v) is 4.42. The molecule has 3 rings (SSSR count). The van der Waals surface area contributed by atoms with Crippen molar-refractivity contribution < 1.29 is 0 Å². The highest BCUT2D eigenvalue weighted by atomic mass is 32.1. The van der Waals surface area contributed by atoms with Crippen LogP contribution in [-0.4, -0.2) is 21.5 Å².